The lowest BCUT2D eigenvalue weighted by molar-refractivity contribution is -0.192. The van der Waals surface area contributed by atoms with Crippen molar-refractivity contribution in [2.45, 2.75) is 32.4 Å². The molecule has 2 amide bonds. The molecule has 174 valence electrons. The van der Waals surface area contributed by atoms with E-state index in [9.17, 15) is 27.6 Å². The summed E-state index contributed by atoms with van der Waals surface area (Å²) in [7, 11) is 3.07. The highest BCUT2D eigenvalue weighted by Gasteiger charge is 2.38. The topological polar surface area (TPSA) is 133 Å². The Morgan fingerprint density at radius 2 is 1.63 bits per heavy atom. The molecule has 0 spiro atoms. The van der Waals surface area contributed by atoms with Gasteiger partial charge in [-0.3, -0.25) is 9.59 Å². The van der Waals surface area contributed by atoms with Crippen LogP contribution in [-0.4, -0.2) is 83.0 Å². The highest BCUT2D eigenvalue weighted by molar-refractivity contribution is 8.76. The molecule has 30 heavy (non-hydrogen) atoms. The van der Waals surface area contributed by atoms with Gasteiger partial charge in [-0.2, -0.15) is 13.2 Å². The van der Waals surface area contributed by atoms with E-state index in [2.05, 4.69) is 5.32 Å². The van der Waals surface area contributed by atoms with Crippen molar-refractivity contribution >= 4 is 45.5 Å². The lowest BCUT2D eigenvalue weighted by atomic mass is 9.96. The smallest absolute Gasteiger partial charge is 0.481 e. The zero-order valence-electron chi connectivity index (χ0n) is 16.3. The van der Waals surface area contributed by atoms with Crippen molar-refractivity contribution in [2.24, 2.45) is 5.92 Å². The van der Waals surface area contributed by atoms with Crippen LogP contribution in [0.4, 0.5) is 18.0 Å². The molecule has 0 saturated carbocycles. The number of hydrogen-bond acceptors (Lipinski definition) is 7. The Bertz CT molecular complexity index is 572. The van der Waals surface area contributed by atoms with E-state index >= 15 is 0 Å². The molecule has 0 aromatic carbocycles. The number of hydrogen-bond donors (Lipinski definition) is 3. The number of rotatable bonds is 9. The number of halogens is 3. The number of alkyl halides is 3. The first-order valence-electron chi connectivity index (χ1n) is 8.94. The Kier molecular flexibility index (Phi) is 14.1. The Morgan fingerprint density at radius 1 is 1.10 bits per heavy atom. The van der Waals surface area contributed by atoms with E-state index in [1.54, 1.807) is 22.6 Å². The monoisotopic (exact) mass is 478 g/mol. The number of carboxylic acid groups (broad SMARTS) is 2. The van der Waals surface area contributed by atoms with E-state index in [4.69, 9.17) is 19.7 Å². The van der Waals surface area contributed by atoms with Gasteiger partial charge in [-0.05, 0) is 19.8 Å². The molecule has 1 saturated heterocycles. The van der Waals surface area contributed by atoms with E-state index in [1.807, 2.05) is 0 Å². The van der Waals surface area contributed by atoms with Crippen molar-refractivity contribution in [1.82, 2.24) is 10.2 Å². The second kappa shape index (κ2) is 15.0. The second-order valence-corrected chi connectivity index (χ2v) is 8.54. The molecule has 0 radical (unpaired) electrons. The number of likely N-dealkylation sites (tertiary alicyclic amines) is 1. The minimum atomic E-state index is -5.08. The molecule has 0 aromatic rings. The maximum Gasteiger partial charge on any atom is 0.490 e. The van der Waals surface area contributed by atoms with Gasteiger partial charge in [0.1, 0.15) is 0 Å². The predicted octanol–water partition coefficient (Wildman–Crippen LogP) is 2.46. The summed E-state index contributed by atoms with van der Waals surface area (Å²) in [6.45, 7) is 3.81. The molecule has 1 aliphatic heterocycles. The van der Waals surface area contributed by atoms with Crippen LogP contribution in [0.25, 0.3) is 0 Å². The molecule has 3 N–H and O–H groups in total. The summed E-state index contributed by atoms with van der Waals surface area (Å²) in [5, 5.41) is 18.5. The number of aliphatic carboxylic acids is 2. The maximum atomic E-state index is 12.0. The number of ether oxygens (including phenoxy) is 1. The fourth-order valence-corrected chi connectivity index (χ4v) is 4.03. The third-order valence-electron chi connectivity index (χ3n) is 3.60. The molecule has 1 aliphatic rings. The van der Waals surface area contributed by atoms with Crippen molar-refractivity contribution in [2.75, 3.05) is 37.7 Å². The number of carbonyl (C=O) groups is 4. The minimum Gasteiger partial charge on any atom is -0.481 e. The van der Waals surface area contributed by atoms with Crippen LogP contribution in [0.1, 0.15) is 26.2 Å². The van der Waals surface area contributed by atoms with Crippen LogP contribution in [0.5, 0.6) is 0 Å². The zero-order chi connectivity index (χ0) is 23.2. The van der Waals surface area contributed by atoms with Crippen LogP contribution in [-0.2, 0) is 19.1 Å². The molecule has 1 fully saturated rings. The Balaban J connectivity index is 0.00000103. The fourth-order valence-electron chi connectivity index (χ4n) is 2.15. The van der Waals surface area contributed by atoms with Gasteiger partial charge in [0.2, 0.25) is 5.91 Å². The van der Waals surface area contributed by atoms with E-state index in [1.165, 1.54) is 10.8 Å². The Morgan fingerprint density at radius 3 is 2.10 bits per heavy atom. The molecule has 0 aliphatic carbocycles. The first-order chi connectivity index (χ1) is 14.0. The van der Waals surface area contributed by atoms with E-state index in [-0.39, 0.29) is 24.3 Å². The second-order valence-electron chi connectivity index (χ2n) is 5.84. The molecule has 1 rings (SSSR count). The zero-order valence-corrected chi connectivity index (χ0v) is 17.9. The highest BCUT2D eigenvalue weighted by Crippen LogP contribution is 2.21. The molecular weight excluding hydrogens is 453 g/mol. The van der Waals surface area contributed by atoms with Crippen LogP contribution in [0.3, 0.4) is 0 Å². The molecule has 1 heterocycles. The Labute approximate surface area is 179 Å². The van der Waals surface area contributed by atoms with Gasteiger partial charge in [-0.1, -0.05) is 21.6 Å². The van der Waals surface area contributed by atoms with Crippen LogP contribution in [0.2, 0.25) is 0 Å². The van der Waals surface area contributed by atoms with Crippen LogP contribution < -0.4 is 5.32 Å². The molecule has 0 atom stereocenters. The lowest BCUT2D eigenvalue weighted by Crippen LogP contribution is -2.43. The first-order valence-corrected chi connectivity index (χ1v) is 11.4. The molecule has 14 heteroatoms. The van der Waals surface area contributed by atoms with E-state index < -0.39 is 18.1 Å². The lowest BCUT2D eigenvalue weighted by Gasteiger charge is -2.30. The fraction of sp³-hybridized carbons (Fsp3) is 0.750. The molecule has 0 bridgehead atoms. The van der Waals surface area contributed by atoms with E-state index in [0.717, 1.165) is 5.75 Å². The van der Waals surface area contributed by atoms with Gasteiger partial charge in [0.15, 0.2) is 0 Å². The minimum absolute atomic E-state index is 0.0321. The standard InChI is InChI=1S/C14H24N2O5S2.C2HF3O2/c1-2-21-14(20)16-7-3-11(4-8-16)13(19)15-6-10-23-22-9-5-12(17)18;3-2(4,5)1(6)7/h11H,2-10H2,1H3,(H,15,19)(H,17,18);(H,6,7). The van der Waals surface area contributed by atoms with Crippen LogP contribution >= 0.6 is 21.6 Å². The Hall–Kier alpha value is -1.83. The average molecular weight is 479 g/mol. The predicted molar refractivity (Wildman–Crippen MR) is 105 cm³/mol. The molecule has 9 nitrogen and oxygen atoms in total. The average Bonchev–Trinajstić information content (AvgIpc) is 2.67. The third-order valence-corrected chi connectivity index (χ3v) is 6.01. The number of carbonyl (C=O) groups excluding carboxylic acids is 2. The molecule has 0 unspecified atom stereocenters. The maximum absolute atomic E-state index is 12.0. The van der Waals surface area contributed by atoms with Gasteiger partial charge in [0.25, 0.3) is 0 Å². The van der Waals surface area contributed by atoms with Crippen LogP contribution in [0, 0.1) is 5.92 Å². The summed E-state index contributed by atoms with van der Waals surface area (Å²) in [6.07, 6.45) is -3.92. The summed E-state index contributed by atoms with van der Waals surface area (Å²) < 4.78 is 36.7. The largest absolute Gasteiger partial charge is 0.490 e. The SMILES string of the molecule is CCOC(=O)N1CCC(C(=O)NCCSSCCC(=O)O)CC1.O=C(O)C(F)(F)F. The van der Waals surface area contributed by atoms with Crippen molar-refractivity contribution in [3.8, 4) is 0 Å². The number of piperidine rings is 1. The summed E-state index contributed by atoms with van der Waals surface area (Å²) in [4.78, 5) is 44.5. The quantitative estimate of drug-likeness (QED) is 0.337. The van der Waals surface area contributed by atoms with Crippen molar-refractivity contribution in [1.29, 1.82) is 0 Å². The van der Waals surface area contributed by atoms with Crippen molar-refractivity contribution in [3.05, 3.63) is 0 Å². The summed E-state index contributed by atoms with van der Waals surface area (Å²) in [6, 6.07) is 0. The number of nitrogens with one attached hydrogen (secondary N) is 1. The summed E-state index contributed by atoms with van der Waals surface area (Å²) in [5.74, 6) is -2.25. The van der Waals surface area contributed by atoms with Crippen molar-refractivity contribution in [3.63, 3.8) is 0 Å². The van der Waals surface area contributed by atoms with Gasteiger partial charge >= 0.3 is 24.2 Å². The van der Waals surface area contributed by atoms with E-state index in [0.29, 0.717) is 44.8 Å². The number of nitrogens with zero attached hydrogens (tertiary/aromatic N) is 1. The third kappa shape index (κ3) is 13.4. The van der Waals surface area contributed by atoms with Gasteiger partial charge in [-0.25, -0.2) is 9.59 Å². The normalized spacial score (nSPS) is 14.3. The van der Waals surface area contributed by atoms with Gasteiger partial charge in [0.05, 0.1) is 13.0 Å². The molecular formula is C16H25F3N2O7S2. The summed E-state index contributed by atoms with van der Waals surface area (Å²) >= 11 is 0. The van der Waals surface area contributed by atoms with Gasteiger partial charge in [-0.15, -0.1) is 0 Å². The van der Waals surface area contributed by atoms with Crippen molar-refractivity contribution < 1.29 is 47.3 Å². The van der Waals surface area contributed by atoms with Crippen LogP contribution in [0.15, 0.2) is 0 Å². The highest BCUT2D eigenvalue weighted by atomic mass is 33.1. The first kappa shape index (κ1) is 28.2. The number of amides is 2. The van der Waals surface area contributed by atoms with Gasteiger partial charge in [0, 0.05) is 37.1 Å². The van der Waals surface area contributed by atoms with Gasteiger partial charge < -0.3 is 25.2 Å². The molecule has 0 aromatic heterocycles. The number of carboxylic acids is 2. The summed E-state index contributed by atoms with van der Waals surface area (Å²) in [5.41, 5.74) is 0.